The van der Waals surface area contributed by atoms with Gasteiger partial charge in [0.1, 0.15) is 36.2 Å². The average molecular weight is 823 g/mol. The van der Waals surface area contributed by atoms with Crippen LogP contribution in [0.4, 0.5) is 18.4 Å². The number of amides is 2. The molecule has 3 fully saturated rings. The number of nitrogens with zero attached hydrogens (tertiary/aromatic N) is 5. The number of likely N-dealkylation sites (tertiary alicyclic amines) is 1. The number of ether oxygens (including phenoxy) is 4. The Kier molecular flexibility index (Phi) is 12.0. The van der Waals surface area contributed by atoms with Crippen molar-refractivity contribution in [2.45, 2.75) is 95.7 Å². The zero-order valence-corrected chi connectivity index (χ0v) is 34.4. The van der Waals surface area contributed by atoms with Crippen molar-refractivity contribution < 1.29 is 37.3 Å². The van der Waals surface area contributed by atoms with E-state index in [-0.39, 0.29) is 49.0 Å². The molecule has 0 radical (unpaired) electrons. The number of aromatic nitrogens is 3. The van der Waals surface area contributed by atoms with E-state index in [1.165, 1.54) is 6.20 Å². The normalized spacial score (nSPS) is 20.6. The Morgan fingerprint density at radius 3 is 2.60 bits per heavy atom. The minimum Gasteiger partial charge on any atom is -0.472 e. The number of rotatable bonds is 12. The lowest BCUT2D eigenvalue weighted by atomic mass is 9.94. The highest BCUT2D eigenvalue weighted by Crippen LogP contribution is 2.41. The summed E-state index contributed by atoms with van der Waals surface area (Å²) in [6, 6.07) is 20.9. The Hall–Kier alpha value is -5.63. The summed E-state index contributed by atoms with van der Waals surface area (Å²) in [5, 5.41) is 4.92. The molecule has 0 unspecified atom stereocenters. The Morgan fingerprint density at radius 2 is 1.78 bits per heavy atom. The monoisotopic (exact) mass is 822 g/mol. The zero-order chi connectivity index (χ0) is 41.9. The molecular weight excluding hydrogens is 771 g/mol. The zero-order valence-electron chi connectivity index (χ0n) is 34.4. The van der Waals surface area contributed by atoms with Crippen LogP contribution < -0.4 is 14.8 Å². The highest BCUT2D eigenvalue weighted by Gasteiger charge is 2.49. The molecule has 3 aliphatic rings. The highest BCUT2D eigenvalue weighted by molar-refractivity contribution is 6.00. The summed E-state index contributed by atoms with van der Waals surface area (Å²) in [7, 11) is 0. The van der Waals surface area contributed by atoms with Crippen LogP contribution >= 0.6 is 0 Å². The number of fused-ring (bicyclic) bond motifs is 3. The number of carbonyl (C=O) groups is 2. The molecular formula is C46H52F2N6O6. The van der Waals surface area contributed by atoms with Crippen LogP contribution in [0.5, 0.6) is 11.9 Å². The van der Waals surface area contributed by atoms with Crippen molar-refractivity contribution >= 4 is 33.9 Å². The van der Waals surface area contributed by atoms with Gasteiger partial charge in [-0.15, -0.1) is 0 Å². The second kappa shape index (κ2) is 17.5. The first-order chi connectivity index (χ1) is 28.9. The molecule has 8 rings (SSSR count). The van der Waals surface area contributed by atoms with Gasteiger partial charge in [0, 0.05) is 43.9 Å². The fourth-order valence-electron chi connectivity index (χ4n) is 8.79. The van der Waals surface area contributed by atoms with Crippen LogP contribution in [0.15, 0.2) is 72.9 Å². The maximum absolute atomic E-state index is 17.1. The highest BCUT2D eigenvalue weighted by atomic mass is 19.1. The lowest BCUT2D eigenvalue weighted by Gasteiger charge is -2.34. The second-order valence-electron chi connectivity index (χ2n) is 17.1. The van der Waals surface area contributed by atoms with E-state index in [1.807, 2.05) is 87.5 Å². The van der Waals surface area contributed by atoms with Gasteiger partial charge in [-0.1, -0.05) is 66.7 Å². The minimum absolute atomic E-state index is 0.00436. The van der Waals surface area contributed by atoms with Gasteiger partial charge in [0.15, 0.2) is 5.82 Å². The topological polar surface area (TPSA) is 128 Å². The number of aryl methyl sites for hydroxylation is 1. The first-order valence-electron chi connectivity index (χ1n) is 20.9. The summed E-state index contributed by atoms with van der Waals surface area (Å²) in [6.45, 7) is 8.11. The fraction of sp³-hybridized carbons (Fsp3) is 0.457. The van der Waals surface area contributed by atoms with Gasteiger partial charge in [-0.05, 0) is 87.7 Å². The van der Waals surface area contributed by atoms with Crippen molar-refractivity contribution in [1.82, 2.24) is 30.1 Å². The number of halogens is 2. The quantitative estimate of drug-likeness (QED) is 0.122. The van der Waals surface area contributed by atoms with Crippen molar-refractivity contribution in [3.63, 3.8) is 0 Å². The van der Waals surface area contributed by atoms with E-state index in [4.69, 9.17) is 18.9 Å². The minimum atomic E-state index is -0.924. The van der Waals surface area contributed by atoms with E-state index < -0.39 is 35.3 Å². The predicted octanol–water partition coefficient (Wildman–Crippen LogP) is 8.58. The largest absolute Gasteiger partial charge is 0.472 e. The SMILES string of the molecule is CC(C)(C)OC(=O)N1CCC[C@@H](NC(=O)OCCCc2cccc3cccc(-c4ncc5c(OCc6ccccc6)nc(OC[C@@]67CCCN6C[C@H](F)C7)nc5c4F)c23)C1. The number of alkyl carbamates (subject to hydrolysis) is 1. The van der Waals surface area contributed by atoms with Crippen LogP contribution in [-0.4, -0.2) is 99.7 Å². The Labute approximate surface area is 348 Å². The number of pyridine rings is 1. The predicted molar refractivity (Wildman–Crippen MR) is 223 cm³/mol. The molecule has 1 N–H and O–H groups in total. The van der Waals surface area contributed by atoms with Gasteiger partial charge in [-0.3, -0.25) is 9.88 Å². The van der Waals surface area contributed by atoms with Crippen molar-refractivity contribution in [2.75, 3.05) is 39.4 Å². The number of hydrogen-bond donors (Lipinski definition) is 1. The van der Waals surface area contributed by atoms with Crippen LogP contribution in [0.25, 0.3) is 32.9 Å². The van der Waals surface area contributed by atoms with Crippen LogP contribution in [0.2, 0.25) is 0 Å². The van der Waals surface area contributed by atoms with Gasteiger partial charge in [0.05, 0.1) is 17.5 Å². The molecule has 0 spiro atoms. The van der Waals surface area contributed by atoms with Crippen molar-refractivity contribution in [3.05, 3.63) is 89.9 Å². The van der Waals surface area contributed by atoms with Crippen molar-refractivity contribution in [3.8, 4) is 23.1 Å². The maximum Gasteiger partial charge on any atom is 0.410 e. The number of hydrogen-bond acceptors (Lipinski definition) is 10. The number of carbonyl (C=O) groups excluding carboxylic acids is 2. The lowest BCUT2D eigenvalue weighted by Crippen LogP contribution is -2.50. The summed E-state index contributed by atoms with van der Waals surface area (Å²) in [5.41, 5.74) is 1.50. The van der Waals surface area contributed by atoms with Crippen molar-refractivity contribution in [2.24, 2.45) is 0 Å². The molecule has 5 aromatic rings. The first kappa shape index (κ1) is 41.1. The number of nitrogens with one attached hydrogen (secondary N) is 1. The average Bonchev–Trinajstić information content (AvgIpc) is 3.76. The van der Waals surface area contributed by atoms with E-state index in [0.717, 1.165) is 54.1 Å². The molecule has 3 saturated heterocycles. The Bertz CT molecular complexity index is 2340. The summed E-state index contributed by atoms with van der Waals surface area (Å²) in [5.74, 6) is -0.510. The van der Waals surface area contributed by atoms with Crippen molar-refractivity contribution in [1.29, 1.82) is 0 Å². The van der Waals surface area contributed by atoms with Gasteiger partial charge >= 0.3 is 18.2 Å². The van der Waals surface area contributed by atoms with E-state index in [2.05, 4.69) is 25.2 Å². The van der Waals surface area contributed by atoms with Gasteiger partial charge in [0.25, 0.3) is 0 Å². The van der Waals surface area contributed by atoms with Crippen LogP contribution in [0.1, 0.15) is 70.4 Å². The molecule has 2 amide bonds. The molecule has 3 aliphatic heterocycles. The molecule has 12 nitrogen and oxygen atoms in total. The van der Waals surface area contributed by atoms with Crippen LogP contribution in [-0.2, 0) is 22.5 Å². The lowest BCUT2D eigenvalue weighted by molar-refractivity contribution is 0.0184. The summed E-state index contributed by atoms with van der Waals surface area (Å²) >= 11 is 0. The molecule has 316 valence electrons. The summed E-state index contributed by atoms with van der Waals surface area (Å²) in [4.78, 5) is 43.0. The first-order valence-corrected chi connectivity index (χ1v) is 20.9. The molecule has 0 aliphatic carbocycles. The van der Waals surface area contributed by atoms with Crippen LogP contribution in [0.3, 0.4) is 0 Å². The Balaban J connectivity index is 1.00. The maximum atomic E-state index is 17.1. The molecule has 5 heterocycles. The summed E-state index contributed by atoms with van der Waals surface area (Å²) < 4.78 is 55.1. The van der Waals surface area contributed by atoms with E-state index in [1.54, 1.807) is 4.90 Å². The van der Waals surface area contributed by atoms with Crippen LogP contribution in [0, 0.1) is 5.82 Å². The van der Waals surface area contributed by atoms with Gasteiger partial charge < -0.3 is 29.2 Å². The third-order valence-corrected chi connectivity index (χ3v) is 11.5. The molecule has 2 aromatic heterocycles. The molecule has 3 atom stereocenters. The van der Waals surface area contributed by atoms with Gasteiger partial charge in [-0.2, -0.15) is 9.97 Å². The number of benzene rings is 3. The third-order valence-electron chi connectivity index (χ3n) is 11.5. The van der Waals surface area contributed by atoms with E-state index in [9.17, 15) is 14.0 Å². The molecule has 60 heavy (non-hydrogen) atoms. The van der Waals surface area contributed by atoms with Gasteiger partial charge in [0.2, 0.25) is 5.88 Å². The second-order valence-corrected chi connectivity index (χ2v) is 17.1. The van der Waals surface area contributed by atoms with Gasteiger partial charge in [-0.25, -0.2) is 18.4 Å². The summed E-state index contributed by atoms with van der Waals surface area (Å²) in [6.07, 6.45) is 4.34. The fourth-order valence-corrected chi connectivity index (χ4v) is 8.79. The van der Waals surface area contributed by atoms with E-state index in [0.29, 0.717) is 49.8 Å². The molecule has 0 bridgehead atoms. The van der Waals surface area contributed by atoms with E-state index >= 15 is 4.39 Å². The molecule has 14 heteroatoms. The third kappa shape index (κ3) is 9.23. The smallest absolute Gasteiger partial charge is 0.410 e. The Morgan fingerprint density at radius 1 is 0.967 bits per heavy atom. The standard InChI is InChI=1S/C46H52F2N6O6/c1-45(2,3)60-44(56)53-21-9-18-34(27-53)50-43(55)57-23-10-17-32-15-7-14-31-16-8-19-35(37(31)32)39-38(48)40-36(25-49-39)41(58-28-30-12-5-4-6-13-30)52-42(51-40)59-29-46-20-11-22-54(46)26-33(47)24-46/h4-8,12-16,19,25,33-34H,9-11,17-18,20-24,26-29H2,1-3H3,(H,50,55)/t33-,34-,46+/m1/s1. The molecule has 3 aromatic carbocycles. The molecule has 0 saturated carbocycles. The number of alkyl halides is 1. The number of piperidine rings is 1.